The van der Waals surface area contributed by atoms with Crippen molar-refractivity contribution >= 4 is 11.4 Å². The number of nitro benzene ring substituents is 2. The molecular formula is C16H22N2O4. The molecule has 1 aliphatic rings. The highest BCUT2D eigenvalue weighted by Gasteiger charge is 2.49. The maximum absolute atomic E-state index is 11.6. The van der Waals surface area contributed by atoms with E-state index < -0.39 is 15.3 Å². The second-order valence-corrected chi connectivity index (χ2v) is 7.54. The molecule has 0 fully saturated rings. The van der Waals surface area contributed by atoms with Crippen LogP contribution in [0.3, 0.4) is 0 Å². The van der Waals surface area contributed by atoms with Gasteiger partial charge in [-0.15, -0.1) is 0 Å². The molecule has 1 aromatic rings. The van der Waals surface area contributed by atoms with Gasteiger partial charge in [0.05, 0.1) is 9.85 Å². The van der Waals surface area contributed by atoms with Crippen molar-refractivity contribution in [2.24, 2.45) is 5.92 Å². The first-order chi connectivity index (χ1) is 9.91. The molecule has 120 valence electrons. The molecule has 6 nitrogen and oxygen atoms in total. The number of aryl methyl sites for hydroxylation is 1. The molecule has 2 rings (SSSR count). The lowest BCUT2D eigenvalue weighted by Crippen LogP contribution is -2.41. The van der Waals surface area contributed by atoms with Gasteiger partial charge < -0.3 is 0 Å². The van der Waals surface area contributed by atoms with Crippen LogP contribution in [-0.2, 0) is 10.8 Å². The highest BCUT2D eigenvalue weighted by Crippen LogP contribution is 2.54. The van der Waals surface area contributed by atoms with Gasteiger partial charge in [-0.1, -0.05) is 34.6 Å². The Labute approximate surface area is 129 Å². The maximum atomic E-state index is 11.6. The maximum Gasteiger partial charge on any atom is 0.350 e. The summed E-state index contributed by atoms with van der Waals surface area (Å²) in [7, 11) is 0. The summed E-state index contributed by atoms with van der Waals surface area (Å²) in [6, 6.07) is 1.78. The Morgan fingerprint density at radius 3 is 2.05 bits per heavy atom. The minimum atomic E-state index is -0.630. The fourth-order valence-corrected chi connectivity index (χ4v) is 3.78. The number of rotatable bonds is 2. The molecule has 22 heavy (non-hydrogen) atoms. The Hall–Kier alpha value is -1.98. The zero-order chi connectivity index (χ0) is 17.0. The molecular weight excluding hydrogens is 284 g/mol. The molecule has 1 aromatic carbocycles. The lowest BCUT2D eigenvalue weighted by Gasteiger charge is -2.45. The number of nitrogens with zero attached hydrogens (tertiary/aromatic N) is 2. The van der Waals surface area contributed by atoms with Crippen LogP contribution >= 0.6 is 0 Å². The number of fused-ring (bicyclic) bond motifs is 1. The molecule has 0 heterocycles. The van der Waals surface area contributed by atoms with Crippen molar-refractivity contribution in [1.29, 1.82) is 0 Å². The van der Waals surface area contributed by atoms with Crippen LogP contribution in [0.25, 0.3) is 0 Å². The summed E-state index contributed by atoms with van der Waals surface area (Å²) < 4.78 is 0. The van der Waals surface area contributed by atoms with Crippen LogP contribution in [0.15, 0.2) is 6.07 Å². The van der Waals surface area contributed by atoms with Gasteiger partial charge in [0.1, 0.15) is 0 Å². The van der Waals surface area contributed by atoms with E-state index in [9.17, 15) is 20.2 Å². The summed E-state index contributed by atoms with van der Waals surface area (Å²) in [5, 5.41) is 23.0. The molecule has 0 saturated carbocycles. The van der Waals surface area contributed by atoms with Crippen LogP contribution in [0.2, 0.25) is 0 Å². The molecule has 0 unspecified atom stereocenters. The molecule has 0 N–H and O–H groups in total. The van der Waals surface area contributed by atoms with Crippen LogP contribution in [0.4, 0.5) is 11.4 Å². The van der Waals surface area contributed by atoms with Crippen molar-refractivity contribution < 1.29 is 9.85 Å². The Bertz CT molecular complexity index is 677. The van der Waals surface area contributed by atoms with Gasteiger partial charge in [-0.3, -0.25) is 20.2 Å². The molecule has 0 spiro atoms. The molecule has 0 saturated heterocycles. The molecule has 1 aliphatic carbocycles. The largest absolute Gasteiger partial charge is 0.350 e. The third kappa shape index (κ3) is 2.17. The molecule has 0 aromatic heterocycles. The Morgan fingerprint density at radius 1 is 1.09 bits per heavy atom. The molecule has 0 bridgehead atoms. The minimum Gasteiger partial charge on any atom is -0.258 e. The van der Waals surface area contributed by atoms with Crippen molar-refractivity contribution in [3.8, 4) is 0 Å². The first-order valence-corrected chi connectivity index (χ1v) is 7.38. The van der Waals surface area contributed by atoms with Gasteiger partial charge in [0, 0.05) is 11.1 Å². The van der Waals surface area contributed by atoms with Crippen molar-refractivity contribution in [2.75, 3.05) is 0 Å². The smallest absolute Gasteiger partial charge is 0.258 e. The normalized spacial score (nSPS) is 22.0. The van der Waals surface area contributed by atoms with Crippen molar-refractivity contribution in [3.63, 3.8) is 0 Å². The predicted octanol–water partition coefficient (Wildman–Crippen LogP) is 4.41. The third-order valence-corrected chi connectivity index (χ3v) is 5.25. The van der Waals surface area contributed by atoms with E-state index in [0.29, 0.717) is 17.0 Å². The third-order valence-electron chi connectivity index (χ3n) is 5.25. The fourth-order valence-electron chi connectivity index (χ4n) is 3.78. The van der Waals surface area contributed by atoms with Gasteiger partial charge in [-0.25, -0.2) is 0 Å². The van der Waals surface area contributed by atoms with E-state index in [0.717, 1.165) is 12.0 Å². The van der Waals surface area contributed by atoms with Crippen LogP contribution in [0.1, 0.15) is 57.7 Å². The molecule has 0 amide bonds. The Balaban J connectivity index is 3.01. The molecule has 0 radical (unpaired) electrons. The predicted molar refractivity (Wildman–Crippen MR) is 84.3 cm³/mol. The monoisotopic (exact) mass is 306 g/mol. The standard InChI is InChI=1S/C16H22N2O4/c1-9-7-11-12(14(18(21)22)13(9)17(19)20)15(3,4)8-10(2)16(11,5)6/h7,10H,8H2,1-6H3/t10-/m1/s1. The van der Waals surface area contributed by atoms with E-state index in [4.69, 9.17) is 0 Å². The summed E-state index contributed by atoms with van der Waals surface area (Å²) in [6.07, 6.45) is 0.758. The van der Waals surface area contributed by atoms with E-state index in [1.165, 1.54) is 0 Å². The highest BCUT2D eigenvalue weighted by atomic mass is 16.6. The zero-order valence-corrected chi connectivity index (χ0v) is 13.9. The van der Waals surface area contributed by atoms with Crippen LogP contribution in [0.5, 0.6) is 0 Å². The summed E-state index contributed by atoms with van der Waals surface area (Å²) in [4.78, 5) is 21.8. The topological polar surface area (TPSA) is 86.3 Å². The SMILES string of the molecule is Cc1cc2c(c([N+](=O)[O-])c1[N+](=O)[O-])C(C)(C)C[C@@H](C)C2(C)C. The average molecular weight is 306 g/mol. The van der Waals surface area contributed by atoms with Crippen LogP contribution in [0, 0.1) is 33.1 Å². The first kappa shape index (κ1) is 16.4. The molecule has 0 aliphatic heterocycles. The van der Waals surface area contributed by atoms with Gasteiger partial charge in [0.15, 0.2) is 0 Å². The quantitative estimate of drug-likeness (QED) is 0.598. The van der Waals surface area contributed by atoms with Gasteiger partial charge in [-0.2, -0.15) is 0 Å². The second kappa shape index (κ2) is 4.76. The number of nitro groups is 2. The number of hydrogen-bond acceptors (Lipinski definition) is 4. The minimum absolute atomic E-state index is 0.254. The van der Waals surface area contributed by atoms with Gasteiger partial charge in [0.2, 0.25) is 0 Å². The highest BCUT2D eigenvalue weighted by molar-refractivity contribution is 5.68. The van der Waals surface area contributed by atoms with E-state index >= 15 is 0 Å². The molecule has 1 atom stereocenters. The van der Waals surface area contributed by atoms with Crippen LogP contribution in [-0.4, -0.2) is 9.85 Å². The first-order valence-electron chi connectivity index (χ1n) is 7.38. The fraction of sp³-hybridized carbons (Fsp3) is 0.625. The summed E-state index contributed by atoms with van der Waals surface area (Å²) in [5.41, 5.74) is 0.324. The zero-order valence-electron chi connectivity index (χ0n) is 13.9. The van der Waals surface area contributed by atoms with Gasteiger partial charge >= 0.3 is 11.4 Å². The average Bonchev–Trinajstić information content (AvgIpc) is 2.34. The summed E-state index contributed by atoms with van der Waals surface area (Å²) >= 11 is 0. The summed E-state index contributed by atoms with van der Waals surface area (Å²) in [5.74, 6) is 0.329. The number of hydrogen-bond donors (Lipinski definition) is 0. The van der Waals surface area contributed by atoms with Gasteiger partial charge in [0.25, 0.3) is 0 Å². The lowest BCUT2D eigenvalue weighted by atomic mass is 9.57. The summed E-state index contributed by atoms with van der Waals surface area (Å²) in [6.45, 7) is 11.7. The van der Waals surface area contributed by atoms with E-state index in [-0.39, 0.29) is 16.8 Å². The van der Waals surface area contributed by atoms with Crippen LogP contribution < -0.4 is 0 Å². The second-order valence-electron chi connectivity index (χ2n) is 7.54. The molecule has 6 heteroatoms. The van der Waals surface area contributed by atoms with Crippen molar-refractivity contribution in [3.05, 3.63) is 43.0 Å². The van der Waals surface area contributed by atoms with E-state index in [2.05, 4.69) is 20.8 Å². The van der Waals surface area contributed by atoms with E-state index in [1.807, 2.05) is 13.8 Å². The van der Waals surface area contributed by atoms with Crippen molar-refractivity contribution in [1.82, 2.24) is 0 Å². The van der Waals surface area contributed by atoms with Gasteiger partial charge in [-0.05, 0) is 41.7 Å². The Kier molecular flexibility index (Phi) is 3.55. The number of benzene rings is 1. The van der Waals surface area contributed by atoms with E-state index in [1.54, 1.807) is 13.0 Å². The Morgan fingerprint density at radius 2 is 1.59 bits per heavy atom. The lowest BCUT2D eigenvalue weighted by molar-refractivity contribution is -0.423. The van der Waals surface area contributed by atoms with Crippen molar-refractivity contribution in [2.45, 2.75) is 58.8 Å².